The summed E-state index contributed by atoms with van der Waals surface area (Å²) in [6.45, 7) is 4.88. The van der Waals surface area contributed by atoms with Crippen LogP contribution in [-0.4, -0.2) is 107 Å². The summed E-state index contributed by atoms with van der Waals surface area (Å²) in [5.41, 5.74) is -2.11. The molecule has 4 aliphatic heterocycles. The molecule has 0 aromatic heterocycles. The number of carbonyl (C=O) groups excluding carboxylic acids is 5. The smallest absolute Gasteiger partial charge is 0.305 e. The Labute approximate surface area is 256 Å². The Hall–Kier alpha value is -2.61. The fraction of sp³-hybridized carbons (Fsp3) is 0.839. The molecule has 4 saturated heterocycles. The van der Waals surface area contributed by atoms with Crippen molar-refractivity contribution in [1.82, 2.24) is 0 Å². The maximum Gasteiger partial charge on any atom is 0.305 e. The monoisotopic (exact) mass is 624 g/mol. The fourth-order valence-electron chi connectivity index (χ4n) is 6.32. The molecule has 4 heterocycles. The van der Waals surface area contributed by atoms with Gasteiger partial charge in [0.25, 0.3) is 0 Å². The number of Topliss-reactive ketones (excluding diaryl/α,β-unsaturated/α-hetero) is 1. The van der Waals surface area contributed by atoms with Crippen LogP contribution in [0.1, 0.15) is 71.1 Å². The van der Waals surface area contributed by atoms with E-state index in [0.717, 1.165) is 0 Å². The molecule has 5 aliphatic rings. The summed E-state index contributed by atoms with van der Waals surface area (Å²) in [5, 5.41) is 0. The number of esters is 4. The van der Waals surface area contributed by atoms with E-state index in [4.69, 9.17) is 37.9 Å². The summed E-state index contributed by atoms with van der Waals surface area (Å²) < 4.78 is 41.9. The van der Waals surface area contributed by atoms with Gasteiger partial charge in [-0.1, -0.05) is 6.92 Å². The molecule has 4 unspecified atom stereocenters. The van der Waals surface area contributed by atoms with Crippen LogP contribution in [0.2, 0.25) is 0 Å². The van der Waals surface area contributed by atoms with Gasteiger partial charge in [0, 0.05) is 36.5 Å². The highest BCUT2D eigenvalue weighted by molar-refractivity contribution is 5.93. The first-order chi connectivity index (χ1) is 21.1. The molecule has 0 aromatic rings. The van der Waals surface area contributed by atoms with E-state index in [1.165, 1.54) is 0 Å². The van der Waals surface area contributed by atoms with Gasteiger partial charge in [-0.15, -0.1) is 0 Å². The lowest BCUT2D eigenvalue weighted by Gasteiger charge is -2.49. The van der Waals surface area contributed by atoms with Crippen molar-refractivity contribution in [2.75, 3.05) is 52.9 Å². The number of hydrogen-bond acceptors (Lipinski definition) is 13. The zero-order valence-electron chi connectivity index (χ0n) is 25.4. The van der Waals surface area contributed by atoms with Crippen LogP contribution in [0.15, 0.2) is 0 Å². The molecule has 5 fully saturated rings. The second-order valence-corrected chi connectivity index (χ2v) is 13.0. The lowest BCUT2D eigenvalue weighted by Crippen LogP contribution is -2.51. The fourth-order valence-corrected chi connectivity index (χ4v) is 6.32. The summed E-state index contributed by atoms with van der Waals surface area (Å²) >= 11 is 0. The molecular weight excluding hydrogens is 580 g/mol. The molecule has 1 aliphatic carbocycles. The van der Waals surface area contributed by atoms with Crippen molar-refractivity contribution < 1.29 is 61.9 Å². The van der Waals surface area contributed by atoms with Gasteiger partial charge in [-0.2, -0.15) is 0 Å². The highest BCUT2D eigenvalue weighted by atomic mass is 16.6. The van der Waals surface area contributed by atoms with Gasteiger partial charge in [-0.25, -0.2) is 0 Å². The van der Waals surface area contributed by atoms with Gasteiger partial charge in [0.2, 0.25) is 0 Å². The van der Waals surface area contributed by atoms with E-state index in [0.29, 0.717) is 39.3 Å². The first kappa shape index (κ1) is 32.8. The van der Waals surface area contributed by atoms with Crippen molar-refractivity contribution in [3.8, 4) is 0 Å². The van der Waals surface area contributed by atoms with Crippen LogP contribution in [0, 0.1) is 16.7 Å². The largest absolute Gasteiger partial charge is 0.463 e. The second-order valence-electron chi connectivity index (χ2n) is 13.0. The maximum absolute atomic E-state index is 14.8. The van der Waals surface area contributed by atoms with Gasteiger partial charge in [0.1, 0.15) is 56.6 Å². The molecule has 0 spiro atoms. The van der Waals surface area contributed by atoms with Crippen molar-refractivity contribution in [2.24, 2.45) is 16.7 Å². The molecule has 0 radical (unpaired) electrons. The number of hydrogen-bond donors (Lipinski definition) is 0. The van der Waals surface area contributed by atoms with E-state index in [1.807, 2.05) is 6.92 Å². The topological polar surface area (TPSA) is 172 Å². The molecule has 4 atom stereocenters. The average molecular weight is 625 g/mol. The van der Waals surface area contributed by atoms with Crippen molar-refractivity contribution in [3.05, 3.63) is 0 Å². The summed E-state index contributed by atoms with van der Waals surface area (Å²) in [4.78, 5) is 65.5. The Morgan fingerprint density at radius 1 is 0.568 bits per heavy atom. The van der Waals surface area contributed by atoms with E-state index in [9.17, 15) is 24.0 Å². The van der Waals surface area contributed by atoms with E-state index in [2.05, 4.69) is 0 Å². The van der Waals surface area contributed by atoms with Gasteiger partial charge in [0.15, 0.2) is 0 Å². The zero-order chi connectivity index (χ0) is 31.2. The molecule has 0 bridgehead atoms. The number of ketones is 1. The van der Waals surface area contributed by atoms with E-state index in [-0.39, 0.29) is 114 Å². The Kier molecular flexibility index (Phi) is 10.9. The zero-order valence-corrected chi connectivity index (χ0v) is 25.4. The second kappa shape index (κ2) is 14.7. The summed E-state index contributed by atoms with van der Waals surface area (Å²) in [5.74, 6) is -1.91. The molecule has 5 rings (SSSR count). The minimum atomic E-state index is -1.06. The third kappa shape index (κ3) is 10.2. The Balaban J connectivity index is 1.30. The Bertz CT molecular complexity index is 913. The van der Waals surface area contributed by atoms with Crippen molar-refractivity contribution in [2.45, 2.75) is 95.5 Å². The van der Waals surface area contributed by atoms with Gasteiger partial charge >= 0.3 is 23.9 Å². The minimum Gasteiger partial charge on any atom is -0.463 e. The SMILES string of the molecule is CC1CC(CCC(=O)OCC2CO2)(CCC(=O)OCC2CO2)C(=O)C(CCC(=O)OCC2CO2)(CCC(=O)OCC2CO2)C1. The van der Waals surface area contributed by atoms with Crippen LogP contribution in [0.5, 0.6) is 0 Å². The molecule has 13 nitrogen and oxygen atoms in total. The Morgan fingerprint density at radius 2 is 0.818 bits per heavy atom. The van der Waals surface area contributed by atoms with Crippen LogP contribution in [0.4, 0.5) is 0 Å². The predicted octanol–water partition coefficient (Wildman–Crippen LogP) is 1.85. The minimum absolute atomic E-state index is 0.00578. The van der Waals surface area contributed by atoms with Crippen LogP contribution in [0.3, 0.4) is 0 Å². The van der Waals surface area contributed by atoms with Crippen molar-refractivity contribution in [1.29, 1.82) is 0 Å². The molecule has 0 N–H and O–H groups in total. The third-order valence-electron chi connectivity index (χ3n) is 9.00. The first-order valence-corrected chi connectivity index (χ1v) is 15.8. The average Bonchev–Trinajstić information content (AvgIpc) is 3.84. The lowest BCUT2D eigenvalue weighted by molar-refractivity contribution is -0.155. The van der Waals surface area contributed by atoms with Crippen LogP contribution < -0.4 is 0 Å². The van der Waals surface area contributed by atoms with E-state index in [1.54, 1.807) is 0 Å². The van der Waals surface area contributed by atoms with Crippen LogP contribution >= 0.6 is 0 Å². The molecule has 246 valence electrons. The highest BCUT2D eigenvalue weighted by Crippen LogP contribution is 2.54. The van der Waals surface area contributed by atoms with Crippen molar-refractivity contribution >= 4 is 29.7 Å². The van der Waals surface area contributed by atoms with Gasteiger partial charge in [-0.05, 0) is 44.4 Å². The normalized spacial score (nSPS) is 33.2. The number of carbonyl (C=O) groups is 5. The molecule has 0 aromatic carbocycles. The highest BCUT2D eigenvalue weighted by Gasteiger charge is 2.55. The molecule has 0 amide bonds. The van der Waals surface area contributed by atoms with E-state index >= 15 is 0 Å². The molecule has 13 heteroatoms. The summed E-state index contributed by atoms with van der Waals surface area (Å²) in [6, 6.07) is 0. The van der Waals surface area contributed by atoms with E-state index < -0.39 is 34.7 Å². The number of epoxide rings is 4. The lowest BCUT2D eigenvalue weighted by atomic mass is 9.53. The molecule has 44 heavy (non-hydrogen) atoms. The standard InChI is InChI=1S/C31H44O13/c1-20-10-30(6-2-25(32)41-16-21-12-37-21,7-3-26(33)42-17-22-13-38-22)29(36)31(11-20,8-4-27(34)43-18-23-14-39-23)9-5-28(35)44-19-24-15-40-24/h20-24H,2-19H2,1H3. The summed E-state index contributed by atoms with van der Waals surface area (Å²) in [7, 11) is 0. The van der Waals surface area contributed by atoms with Crippen LogP contribution in [0.25, 0.3) is 0 Å². The molecule has 1 saturated carbocycles. The van der Waals surface area contributed by atoms with Crippen LogP contribution in [-0.2, 0) is 61.9 Å². The van der Waals surface area contributed by atoms with Crippen molar-refractivity contribution in [3.63, 3.8) is 0 Å². The predicted molar refractivity (Wildman–Crippen MR) is 148 cm³/mol. The summed E-state index contributed by atoms with van der Waals surface area (Å²) in [6.07, 6.45) is 1.22. The quantitative estimate of drug-likeness (QED) is 0.109. The Morgan fingerprint density at radius 3 is 1.05 bits per heavy atom. The number of ether oxygens (including phenoxy) is 8. The van der Waals surface area contributed by atoms with Gasteiger partial charge in [-0.3, -0.25) is 24.0 Å². The maximum atomic E-state index is 14.8. The number of rotatable bonds is 20. The first-order valence-electron chi connectivity index (χ1n) is 15.8. The third-order valence-corrected chi connectivity index (χ3v) is 9.00. The molecular formula is C31H44O13. The van der Waals surface area contributed by atoms with Gasteiger partial charge < -0.3 is 37.9 Å². The van der Waals surface area contributed by atoms with Gasteiger partial charge in [0.05, 0.1) is 26.4 Å².